The van der Waals surface area contributed by atoms with Crippen LogP contribution in [0.4, 0.5) is 4.79 Å². The molecule has 0 spiro atoms. The minimum Gasteiger partial charge on any atom is -0.394 e. The second-order valence-corrected chi connectivity index (χ2v) is 4.95. The number of carbonyl (C=O) groups excluding carboxylic acids is 2. The first kappa shape index (κ1) is 14.8. The Balaban J connectivity index is 2.40. The molecule has 0 aliphatic carbocycles. The number of urea groups is 1. The van der Waals surface area contributed by atoms with Crippen molar-refractivity contribution in [2.45, 2.75) is 51.7 Å². The third kappa shape index (κ3) is 3.87. The number of aliphatic hydroxyl groups is 1. The standard InChI is InChI=1S/C12H23N3O3/c1-4-9(7-16)13-12(18)14-10-5-11(17)15(6-10)8(2)3/h8-10,16H,4-7H2,1-3H3,(H2,13,14,18). The van der Waals surface area contributed by atoms with Gasteiger partial charge in [0, 0.05) is 19.0 Å². The summed E-state index contributed by atoms with van der Waals surface area (Å²) in [6, 6.07) is -0.535. The summed E-state index contributed by atoms with van der Waals surface area (Å²) in [4.78, 5) is 25.1. The van der Waals surface area contributed by atoms with Gasteiger partial charge in [0.15, 0.2) is 0 Å². The lowest BCUT2D eigenvalue weighted by Gasteiger charge is -2.21. The molecule has 0 radical (unpaired) electrons. The Labute approximate surface area is 108 Å². The molecule has 1 fully saturated rings. The molecular weight excluding hydrogens is 234 g/mol. The van der Waals surface area contributed by atoms with Crippen LogP contribution in [0.1, 0.15) is 33.6 Å². The molecule has 1 aliphatic rings. The van der Waals surface area contributed by atoms with Crippen LogP contribution in [0.2, 0.25) is 0 Å². The lowest BCUT2D eigenvalue weighted by atomic mass is 10.2. The van der Waals surface area contributed by atoms with Crippen molar-refractivity contribution >= 4 is 11.9 Å². The van der Waals surface area contributed by atoms with Crippen LogP contribution < -0.4 is 10.6 Å². The summed E-state index contributed by atoms with van der Waals surface area (Å²) in [5.41, 5.74) is 0. The van der Waals surface area contributed by atoms with Crippen molar-refractivity contribution in [2.75, 3.05) is 13.2 Å². The molecule has 3 amide bonds. The molecule has 2 atom stereocenters. The van der Waals surface area contributed by atoms with Gasteiger partial charge in [-0.05, 0) is 20.3 Å². The zero-order chi connectivity index (χ0) is 13.7. The molecule has 0 bridgehead atoms. The third-order valence-electron chi connectivity index (χ3n) is 3.17. The number of amides is 3. The highest BCUT2D eigenvalue weighted by atomic mass is 16.3. The molecule has 0 aromatic rings. The first-order chi connectivity index (χ1) is 8.47. The van der Waals surface area contributed by atoms with Crippen molar-refractivity contribution in [3.63, 3.8) is 0 Å². The van der Waals surface area contributed by atoms with Crippen LogP contribution in [-0.4, -0.2) is 53.2 Å². The maximum atomic E-state index is 11.7. The van der Waals surface area contributed by atoms with E-state index in [1.165, 1.54) is 0 Å². The Morgan fingerprint density at radius 3 is 2.67 bits per heavy atom. The maximum Gasteiger partial charge on any atom is 0.315 e. The van der Waals surface area contributed by atoms with Crippen LogP contribution in [-0.2, 0) is 4.79 Å². The van der Waals surface area contributed by atoms with Gasteiger partial charge in [0.05, 0.1) is 18.7 Å². The van der Waals surface area contributed by atoms with Crippen molar-refractivity contribution in [3.05, 3.63) is 0 Å². The van der Waals surface area contributed by atoms with Gasteiger partial charge in [-0.3, -0.25) is 4.79 Å². The summed E-state index contributed by atoms with van der Waals surface area (Å²) in [6.07, 6.45) is 1.02. The number of nitrogens with one attached hydrogen (secondary N) is 2. The molecule has 104 valence electrons. The van der Waals surface area contributed by atoms with Crippen molar-refractivity contribution in [3.8, 4) is 0 Å². The van der Waals surface area contributed by atoms with Crippen molar-refractivity contribution in [1.82, 2.24) is 15.5 Å². The highest BCUT2D eigenvalue weighted by molar-refractivity contribution is 5.81. The highest BCUT2D eigenvalue weighted by Gasteiger charge is 2.32. The van der Waals surface area contributed by atoms with Crippen molar-refractivity contribution < 1.29 is 14.7 Å². The molecule has 0 saturated carbocycles. The topological polar surface area (TPSA) is 81.7 Å². The lowest BCUT2D eigenvalue weighted by Crippen LogP contribution is -2.48. The fourth-order valence-electron chi connectivity index (χ4n) is 2.02. The Bertz CT molecular complexity index is 303. The number of rotatable bonds is 5. The van der Waals surface area contributed by atoms with Crippen LogP contribution in [0, 0.1) is 0 Å². The SMILES string of the molecule is CCC(CO)NC(=O)NC1CC(=O)N(C(C)C)C1. The summed E-state index contributed by atoms with van der Waals surface area (Å²) < 4.78 is 0. The zero-order valence-corrected chi connectivity index (χ0v) is 11.3. The first-order valence-corrected chi connectivity index (χ1v) is 6.45. The molecule has 1 saturated heterocycles. The fraction of sp³-hybridized carbons (Fsp3) is 0.833. The van der Waals surface area contributed by atoms with Gasteiger partial charge in [-0.25, -0.2) is 4.79 Å². The second-order valence-electron chi connectivity index (χ2n) is 4.95. The van der Waals surface area contributed by atoms with Crippen LogP contribution >= 0.6 is 0 Å². The maximum absolute atomic E-state index is 11.7. The average molecular weight is 257 g/mol. The van der Waals surface area contributed by atoms with Gasteiger partial charge in [0.1, 0.15) is 0 Å². The van der Waals surface area contributed by atoms with Gasteiger partial charge in [-0.15, -0.1) is 0 Å². The molecule has 1 aliphatic heterocycles. The van der Waals surface area contributed by atoms with Crippen LogP contribution in [0.15, 0.2) is 0 Å². The quantitative estimate of drug-likeness (QED) is 0.651. The van der Waals surface area contributed by atoms with E-state index in [2.05, 4.69) is 10.6 Å². The number of likely N-dealkylation sites (tertiary alicyclic amines) is 1. The van der Waals surface area contributed by atoms with Gasteiger partial charge >= 0.3 is 6.03 Å². The van der Waals surface area contributed by atoms with E-state index in [-0.39, 0.29) is 36.7 Å². The minimum atomic E-state index is -0.320. The average Bonchev–Trinajstić information content (AvgIpc) is 2.67. The monoisotopic (exact) mass is 257 g/mol. The number of hydrogen-bond acceptors (Lipinski definition) is 3. The van der Waals surface area contributed by atoms with E-state index in [9.17, 15) is 9.59 Å². The number of nitrogens with zero attached hydrogens (tertiary/aromatic N) is 1. The number of hydrogen-bond donors (Lipinski definition) is 3. The molecule has 6 nitrogen and oxygen atoms in total. The Kier molecular flexibility index (Phi) is 5.40. The molecule has 1 rings (SSSR count). The summed E-state index contributed by atoms with van der Waals surface area (Å²) in [5.74, 6) is 0.0736. The summed E-state index contributed by atoms with van der Waals surface area (Å²) in [7, 11) is 0. The normalized spacial score (nSPS) is 21.3. The van der Waals surface area contributed by atoms with Gasteiger partial charge < -0.3 is 20.6 Å². The molecule has 18 heavy (non-hydrogen) atoms. The first-order valence-electron chi connectivity index (χ1n) is 6.45. The van der Waals surface area contributed by atoms with Gasteiger partial charge in [-0.1, -0.05) is 6.92 Å². The van der Waals surface area contributed by atoms with E-state index in [0.717, 1.165) is 0 Å². The van der Waals surface area contributed by atoms with Gasteiger partial charge in [-0.2, -0.15) is 0 Å². The minimum absolute atomic E-state index is 0.0736. The smallest absolute Gasteiger partial charge is 0.315 e. The van der Waals surface area contributed by atoms with E-state index in [1.807, 2.05) is 20.8 Å². The molecule has 2 unspecified atom stereocenters. The largest absolute Gasteiger partial charge is 0.394 e. The predicted molar refractivity (Wildman–Crippen MR) is 68.1 cm³/mol. The number of carbonyl (C=O) groups is 2. The molecule has 3 N–H and O–H groups in total. The zero-order valence-electron chi connectivity index (χ0n) is 11.3. The van der Waals surface area contributed by atoms with E-state index < -0.39 is 0 Å². The Morgan fingerprint density at radius 2 is 2.22 bits per heavy atom. The summed E-state index contributed by atoms with van der Waals surface area (Å²) in [6.45, 7) is 6.28. The van der Waals surface area contributed by atoms with Crippen LogP contribution in [0.25, 0.3) is 0 Å². The lowest BCUT2D eigenvalue weighted by molar-refractivity contribution is -0.129. The third-order valence-corrected chi connectivity index (χ3v) is 3.17. The fourth-order valence-corrected chi connectivity index (χ4v) is 2.02. The van der Waals surface area contributed by atoms with Crippen molar-refractivity contribution in [2.24, 2.45) is 0 Å². The second kappa shape index (κ2) is 6.58. The van der Waals surface area contributed by atoms with Gasteiger partial charge in [0.25, 0.3) is 0 Å². The van der Waals surface area contributed by atoms with E-state index in [1.54, 1.807) is 4.90 Å². The number of aliphatic hydroxyl groups excluding tert-OH is 1. The highest BCUT2D eigenvalue weighted by Crippen LogP contribution is 2.14. The van der Waals surface area contributed by atoms with E-state index >= 15 is 0 Å². The van der Waals surface area contributed by atoms with Gasteiger partial charge in [0.2, 0.25) is 5.91 Å². The molecule has 0 aromatic carbocycles. The summed E-state index contributed by atoms with van der Waals surface area (Å²) >= 11 is 0. The predicted octanol–water partition coefficient (Wildman–Crippen LogP) is 0.0658. The van der Waals surface area contributed by atoms with Crippen LogP contribution in [0.3, 0.4) is 0 Å². The Hall–Kier alpha value is -1.30. The summed E-state index contributed by atoms with van der Waals surface area (Å²) in [5, 5.41) is 14.4. The Morgan fingerprint density at radius 1 is 1.56 bits per heavy atom. The van der Waals surface area contributed by atoms with E-state index in [4.69, 9.17) is 5.11 Å². The van der Waals surface area contributed by atoms with Crippen molar-refractivity contribution in [1.29, 1.82) is 0 Å². The molecular formula is C12H23N3O3. The van der Waals surface area contributed by atoms with E-state index in [0.29, 0.717) is 19.4 Å². The molecule has 6 heteroatoms. The van der Waals surface area contributed by atoms with Crippen LogP contribution in [0.5, 0.6) is 0 Å². The molecule has 1 heterocycles. The molecule has 0 aromatic heterocycles.